The van der Waals surface area contributed by atoms with Crippen molar-refractivity contribution in [3.05, 3.63) is 29.9 Å². The zero-order chi connectivity index (χ0) is 13.2. The van der Waals surface area contributed by atoms with Crippen molar-refractivity contribution in [1.82, 2.24) is 9.97 Å². The second-order valence-electron chi connectivity index (χ2n) is 4.33. The largest absolute Gasteiger partial charge is 0.287 e. The Labute approximate surface area is 115 Å². The molecule has 19 heavy (non-hydrogen) atoms. The molecular formula is C14H11N3OS. The van der Waals surface area contributed by atoms with Gasteiger partial charge in [-0.2, -0.15) is 0 Å². The maximum atomic E-state index is 11.9. The van der Waals surface area contributed by atoms with Crippen LogP contribution < -0.4 is 4.90 Å². The SMILES string of the molecule is C#CC1CC(=O)N(c2nc(-c3cccnc3)cs2)C1. The summed E-state index contributed by atoms with van der Waals surface area (Å²) in [4.78, 5) is 22.1. The lowest BCUT2D eigenvalue weighted by molar-refractivity contribution is -0.117. The minimum Gasteiger partial charge on any atom is -0.287 e. The summed E-state index contributed by atoms with van der Waals surface area (Å²) in [6.45, 7) is 0.565. The zero-order valence-corrected chi connectivity index (χ0v) is 10.9. The molecule has 1 unspecified atom stereocenters. The van der Waals surface area contributed by atoms with E-state index in [0.29, 0.717) is 18.1 Å². The van der Waals surface area contributed by atoms with Crippen LogP contribution in [0.3, 0.4) is 0 Å². The van der Waals surface area contributed by atoms with Crippen LogP contribution in [0.1, 0.15) is 6.42 Å². The number of thiazole rings is 1. The minimum atomic E-state index is -0.00163. The molecule has 1 saturated heterocycles. The predicted molar refractivity (Wildman–Crippen MR) is 74.6 cm³/mol. The molecule has 94 valence electrons. The average molecular weight is 269 g/mol. The molecule has 0 aliphatic carbocycles. The van der Waals surface area contributed by atoms with Gasteiger partial charge in [-0.05, 0) is 12.1 Å². The number of pyridine rings is 1. The third kappa shape index (κ3) is 2.23. The lowest BCUT2D eigenvalue weighted by Gasteiger charge is -2.10. The third-order valence-electron chi connectivity index (χ3n) is 3.04. The second-order valence-corrected chi connectivity index (χ2v) is 5.17. The number of carbonyl (C=O) groups excluding carboxylic acids is 1. The summed E-state index contributed by atoms with van der Waals surface area (Å²) in [6.07, 6.45) is 9.27. The zero-order valence-electron chi connectivity index (χ0n) is 10.1. The van der Waals surface area contributed by atoms with Crippen molar-refractivity contribution >= 4 is 22.4 Å². The maximum Gasteiger partial charge on any atom is 0.230 e. The van der Waals surface area contributed by atoms with E-state index in [2.05, 4.69) is 15.9 Å². The highest BCUT2D eigenvalue weighted by atomic mass is 32.1. The smallest absolute Gasteiger partial charge is 0.230 e. The molecule has 3 rings (SSSR count). The number of aromatic nitrogens is 2. The first-order chi connectivity index (χ1) is 9.28. The van der Waals surface area contributed by atoms with Crippen molar-refractivity contribution in [3.63, 3.8) is 0 Å². The van der Waals surface area contributed by atoms with Gasteiger partial charge in [0.25, 0.3) is 0 Å². The van der Waals surface area contributed by atoms with E-state index in [1.54, 1.807) is 17.3 Å². The average Bonchev–Trinajstić information content (AvgIpc) is 3.06. The molecule has 0 aromatic carbocycles. The molecule has 0 radical (unpaired) electrons. The van der Waals surface area contributed by atoms with Crippen molar-refractivity contribution in [1.29, 1.82) is 0 Å². The number of anilines is 1. The van der Waals surface area contributed by atoms with Gasteiger partial charge in [-0.15, -0.1) is 23.7 Å². The molecule has 5 heteroatoms. The number of carbonyl (C=O) groups is 1. The Morgan fingerprint density at radius 3 is 3.11 bits per heavy atom. The molecule has 0 N–H and O–H groups in total. The Bertz CT molecular complexity index is 644. The maximum absolute atomic E-state index is 11.9. The summed E-state index contributed by atoms with van der Waals surface area (Å²) < 4.78 is 0. The number of terminal acetylenes is 1. The van der Waals surface area contributed by atoms with Crippen molar-refractivity contribution in [3.8, 4) is 23.6 Å². The van der Waals surface area contributed by atoms with E-state index >= 15 is 0 Å². The Balaban J connectivity index is 1.87. The number of hydrogen-bond acceptors (Lipinski definition) is 4. The monoisotopic (exact) mass is 269 g/mol. The first-order valence-corrected chi connectivity index (χ1v) is 6.78. The number of nitrogens with zero attached hydrogens (tertiary/aromatic N) is 3. The van der Waals surface area contributed by atoms with E-state index < -0.39 is 0 Å². The molecule has 1 fully saturated rings. The molecule has 0 bridgehead atoms. The van der Waals surface area contributed by atoms with E-state index in [4.69, 9.17) is 6.42 Å². The van der Waals surface area contributed by atoms with Crippen molar-refractivity contribution < 1.29 is 4.79 Å². The fourth-order valence-electron chi connectivity index (χ4n) is 2.04. The standard InChI is InChI=1S/C14H11N3OS/c1-2-10-6-13(18)17(8-10)14-16-12(9-19-14)11-4-3-5-15-7-11/h1,3-5,7,9-10H,6,8H2. The minimum absolute atomic E-state index is 0.00163. The topological polar surface area (TPSA) is 46.1 Å². The van der Waals surface area contributed by atoms with Gasteiger partial charge in [0, 0.05) is 42.2 Å². The molecule has 0 saturated carbocycles. The number of amides is 1. The first-order valence-electron chi connectivity index (χ1n) is 5.90. The van der Waals surface area contributed by atoms with Crippen molar-refractivity contribution in [2.75, 3.05) is 11.4 Å². The van der Waals surface area contributed by atoms with Crippen molar-refractivity contribution in [2.24, 2.45) is 5.92 Å². The number of rotatable bonds is 2. The van der Waals surface area contributed by atoms with Gasteiger partial charge in [-0.3, -0.25) is 14.7 Å². The van der Waals surface area contributed by atoms with E-state index in [1.807, 2.05) is 17.5 Å². The molecule has 2 aromatic rings. The molecule has 2 aromatic heterocycles. The first kappa shape index (κ1) is 11.9. The molecule has 1 aliphatic rings. The quantitative estimate of drug-likeness (QED) is 0.785. The van der Waals surface area contributed by atoms with Gasteiger partial charge in [-0.1, -0.05) is 0 Å². The second kappa shape index (κ2) is 4.82. The van der Waals surface area contributed by atoms with Crippen LogP contribution in [0.4, 0.5) is 5.13 Å². The van der Waals surface area contributed by atoms with Crippen LogP contribution in [0.2, 0.25) is 0 Å². The highest BCUT2D eigenvalue weighted by molar-refractivity contribution is 7.14. The van der Waals surface area contributed by atoms with E-state index in [1.165, 1.54) is 11.3 Å². The predicted octanol–water partition coefficient (Wildman–Crippen LogP) is 2.19. The summed E-state index contributed by atoms with van der Waals surface area (Å²) in [6, 6.07) is 3.81. The van der Waals surface area contributed by atoms with Crippen LogP contribution in [0.15, 0.2) is 29.9 Å². The molecule has 1 amide bonds. The fraction of sp³-hybridized carbons (Fsp3) is 0.214. The summed E-state index contributed by atoms with van der Waals surface area (Å²) in [5.41, 5.74) is 1.79. The van der Waals surface area contributed by atoms with E-state index in [0.717, 1.165) is 11.3 Å². The molecule has 1 atom stereocenters. The van der Waals surface area contributed by atoms with Gasteiger partial charge in [0.05, 0.1) is 5.69 Å². The third-order valence-corrected chi connectivity index (χ3v) is 3.90. The van der Waals surface area contributed by atoms with Crippen LogP contribution in [0.25, 0.3) is 11.3 Å². The van der Waals surface area contributed by atoms with Crippen molar-refractivity contribution in [2.45, 2.75) is 6.42 Å². The van der Waals surface area contributed by atoms with Crippen LogP contribution in [0, 0.1) is 18.3 Å². The lowest BCUT2D eigenvalue weighted by atomic mass is 10.1. The molecule has 1 aliphatic heterocycles. The van der Waals surface area contributed by atoms with Crippen LogP contribution in [-0.4, -0.2) is 22.4 Å². The Morgan fingerprint density at radius 1 is 1.53 bits per heavy atom. The Kier molecular flexibility index (Phi) is 3.02. The van der Waals surface area contributed by atoms with Gasteiger partial charge in [-0.25, -0.2) is 4.98 Å². The highest BCUT2D eigenvalue weighted by Gasteiger charge is 2.31. The van der Waals surface area contributed by atoms with Gasteiger partial charge in [0.2, 0.25) is 5.91 Å². The normalized spacial score (nSPS) is 18.6. The van der Waals surface area contributed by atoms with Crippen LogP contribution >= 0.6 is 11.3 Å². The molecular weight excluding hydrogens is 258 g/mol. The van der Waals surface area contributed by atoms with Crippen LogP contribution in [-0.2, 0) is 4.79 Å². The van der Waals surface area contributed by atoms with E-state index in [9.17, 15) is 4.79 Å². The summed E-state index contributed by atoms with van der Waals surface area (Å²) >= 11 is 1.46. The highest BCUT2D eigenvalue weighted by Crippen LogP contribution is 2.30. The fourth-order valence-corrected chi connectivity index (χ4v) is 2.90. The van der Waals surface area contributed by atoms with Crippen LogP contribution in [0.5, 0.6) is 0 Å². The molecule has 3 heterocycles. The molecule has 0 spiro atoms. The van der Waals surface area contributed by atoms with Gasteiger partial charge in [0.1, 0.15) is 0 Å². The van der Waals surface area contributed by atoms with Gasteiger partial charge >= 0.3 is 0 Å². The summed E-state index contributed by atoms with van der Waals surface area (Å²) in [7, 11) is 0. The lowest BCUT2D eigenvalue weighted by Crippen LogP contribution is -2.24. The van der Waals surface area contributed by atoms with Gasteiger partial charge in [0.15, 0.2) is 5.13 Å². The van der Waals surface area contributed by atoms with Gasteiger partial charge < -0.3 is 0 Å². The Morgan fingerprint density at radius 2 is 2.42 bits per heavy atom. The summed E-state index contributed by atoms with van der Waals surface area (Å²) in [5.74, 6) is 2.69. The molecule has 4 nitrogen and oxygen atoms in total. The Hall–Kier alpha value is -2.19. The summed E-state index contributed by atoms with van der Waals surface area (Å²) in [5, 5.41) is 2.64. The van der Waals surface area contributed by atoms with E-state index in [-0.39, 0.29) is 11.8 Å². The number of hydrogen-bond donors (Lipinski definition) is 0.